The van der Waals surface area contributed by atoms with Gasteiger partial charge in [0, 0.05) is 24.8 Å². The number of carbonyl (C=O) groups excluding carboxylic acids is 2. The van der Waals surface area contributed by atoms with E-state index in [1.165, 1.54) is 0 Å². The highest BCUT2D eigenvalue weighted by atomic mass is 16.5. The van der Waals surface area contributed by atoms with Crippen LogP contribution in [0.25, 0.3) is 0 Å². The van der Waals surface area contributed by atoms with Crippen LogP contribution in [-0.4, -0.2) is 47.0 Å². The summed E-state index contributed by atoms with van der Waals surface area (Å²) in [6.07, 6.45) is 4.27. The van der Waals surface area contributed by atoms with Crippen LogP contribution in [0, 0.1) is 12.8 Å². The minimum absolute atomic E-state index is 0.0402. The van der Waals surface area contributed by atoms with Crippen LogP contribution in [0.5, 0.6) is 0 Å². The molecule has 2 saturated heterocycles. The molecule has 27 heavy (non-hydrogen) atoms. The summed E-state index contributed by atoms with van der Waals surface area (Å²) >= 11 is 0. The molecular formula is C21H23N3O3. The van der Waals surface area contributed by atoms with Crippen LogP contribution in [0.4, 0.5) is 5.69 Å². The van der Waals surface area contributed by atoms with Crippen LogP contribution < -0.4 is 5.32 Å². The van der Waals surface area contributed by atoms with Crippen LogP contribution in [0.15, 0.2) is 48.8 Å². The third-order valence-electron chi connectivity index (χ3n) is 5.44. The van der Waals surface area contributed by atoms with Crippen molar-refractivity contribution in [3.8, 4) is 0 Å². The normalized spacial score (nSPS) is 24.3. The van der Waals surface area contributed by atoms with Gasteiger partial charge in [-0.3, -0.25) is 14.6 Å². The number of ether oxygens (including phenoxy) is 1. The maximum absolute atomic E-state index is 12.8. The van der Waals surface area contributed by atoms with Crippen molar-refractivity contribution in [2.75, 3.05) is 18.4 Å². The van der Waals surface area contributed by atoms with E-state index in [9.17, 15) is 9.59 Å². The van der Waals surface area contributed by atoms with Crippen LogP contribution in [0.1, 0.15) is 28.8 Å². The second-order valence-electron chi connectivity index (χ2n) is 7.24. The number of rotatable bonds is 3. The Morgan fingerprint density at radius 2 is 2.07 bits per heavy atom. The Labute approximate surface area is 158 Å². The molecule has 0 aliphatic carbocycles. The van der Waals surface area contributed by atoms with Gasteiger partial charge in [-0.25, -0.2) is 0 Å². The Bertz CT molecular complexity index is 840. The summed E-state index contributed by atoms with van der Waals surface area (Å²) in [5.74, 6) is 0.211. The van der Waals surface area contributed by atoms with E-state index in [2.05, 4.69) is 10.3 Å². The first-order valence-corrected chi connectivity index (χ1v) is 9.33. The largest absolute Gasteiger partial charge is 0.363 e. The molecule has 0 saturated carbocycles. The SMILES string of the molecule is Cc1ccccc1C(=O)N1CC[C@H]2CC(C(=O)Nc3cccnc3)O[C@H]2C1. The minimum Gasteiger partial charge on any atom is -0.363 e. The predicted octanol–water partition coefficient (Wildman–Crippen LogP) is 2.65. The van der Waals surface area contributed by atoms with E-state index in [0.717, 1.165) is 17.5 Å². The molecule has 4 rings (SSSR count). The lowest BCUT2D eigenvalue weighted by atomic mass is 9.91. The molecule has 140 valence electrons. The number of aromatic nitrogens is 1. The first kappa shape index (κ1) is 17.7. The standard InChI is InChI=1S/C21H23N3O3/c1-14-5-2-3-7-17(14)21(26)24-10-8-15-11-18(27-19(15)13-24)20(25)23-16-6-4-9-22-12-16/h2-7,9,12,15,18-19H,8,10-11,13H2,1H3,(H,23,25)/t15-,18?,19-/m0/s1. The summed E-state index contributed by atoms with van der Waals surface area (Å²) in [5.41, 5.74) is 2.38. The summed E-state index contributed by atoms with van der Waals surface area (Å²) in [7, 11) is 0. The molecular weight excluding hydrogens is 342 g/mol. The number of likely N-dealkylation sites (tertiary alicyclic amines) is 1. The third kappa shape index (κ3) is 3.71. The second kappa shape index (κ2) is 7.48. The molecule has 2 aromatic rings. The Hall–Kier alpha value is -2.73. The van der Waals surface area contributed by atoms with Gasteiger partial charge >= 0.3 is 0 Å². The maximum Gasteiger partial charge on any atom is 0.254 e. The van der Waals surface area contributed by atoms with E-state index in [1.807, 2.05) is 36.1 Å². The van der Waals surface area contributed by atoms with Gasteiger partial charge < -0.3 is 15.0 Å². The molecule has 0 spiro atoms. The molecule has 1 aromatic carbocycles. The van der Waals surface area contributed by atoms with Crippen molar-refractivity contribution in [1.82, 2.24) is 9.88 Å². The third-order valence-corrected chi connectivity index (χ3v) is 5.44. The van der Waals surface area contributed by atoms with Gasteiger partial charge in [-0.05, 0) is 49.4 Å². The van der Waals surface area contributed by atoms with Gasteiger partial charge in [-0.1, -0.05) is 18.2 Å². The Kier molecular flexibility index (Phi) is 4.90. The number of amides is 2. The Morgan fingerprint density at radius 3 is 2.85 bits per heavy atom. The van der Waals surface area contributed by atoms with Crippen LogP contribution in [0.2, 0.25) is 0 Å². The molecule has 6 heteroatoms. The molecule has 2 amide bonds. The Balaban J connectivity index is 1.39. The number of piperidine rings is 1. The van der Waals surface area contributed by atoms with E-state index in [0.29, 0.717) is 31.1 Å². The molecule has 2 aliphatic heterocycles. The summed E-state index contributed by atoms with van der Waals surface area (Å²) in [6, 6.07) is 11.2. The number of carbonyl (C=O) groups is 2. The number of hydrogen-bond acceptors (Lipinski definition) is 4. The van der Waals surface area contributed by atoms with E-state index < -0.39 is 6.10 Å². The second-order valence-corrected chi connectivity index (χ2v) is 7.24. The molecule has 3 atom stereocenters. The van der Waals surface area contributed by atoms with Crippen molar-refractivity contribution >= 4 is 17.5 Å². The van der Waals surface area contributed by atoms with E-state index in [1.54, 1.807) is 24.5 Å². The average Bonchev–Trinajstić information content (AvgIpc) is 3.12. The number of fused-ring (bicyclic) bond motifs is 1. The van der Waals surface area contributed by atoms with Crippen LogP contribution in [-0.2, 0) is 9.53 Å². The highest BCUT2D eigenvalue weighted by Crippen LogP contribution is 2.34. The smallest absolute Gasteiger partial charge is 0.254 e. The lowest BCUT2D eigenvalue weighted by Gasteiger charge is -2.34. The van der Waals surface area contributed by atoms with Crippen molar-refractivity contribution in [2.24, 2.45) is 5.92 Å². The summed E-state index contributed by atoms with van der Waals surface area (Å²) < 4.78 is 6.02. The molecule has 0 bridgehead atoms. The number of benzene rings is 1. The lowest BCUT2D eigenvalue weighted by molar-refractivity contribution is -0.127. The summed E-state index contributed by atoms with van der Waals surface area (Å²) in [6.45, 7) is 3.19. The quantitative estimate of drug-likeness (QED) is 0.908. The molecule has 2 aliphatic rings. The molecule has 0 radical (unpaired) electrons. The zero-order valence-corrected chi connectivity index (χ0v) is 15.3. The van der Waals surface area contributed by atoms with Crippen molar-refractivity contribution in [2.45, 2.75) is 32.0 Å². The van der Waals surface area contributed by atoms with Crippen LogP contribution >= 0.6 is 0 Å². The lowest BCUT2D eigenvalue weighted by Crippen LogP contribution is -2.45. The van der Waals surface area contributed by atoms with Gasteiger partial charge in [0.1, 0.15) is 6.10 Å². The van der Waals surface area contributed by atoms with Crippen molar-refractivity contribution in [3.63, 3.8) is 0 Å². The van der Waals surface area contributed by atoms with E-state index in [-0.39, 0.29) is 17.9 Å². The number of pyridine rings is 1. The summed E-state index contributed by atoms with van der Waals surface area (Å²) in [5, 5.41) is 2.85. The highest BCUT2D eigenvalue weighted by Gasteiger charge is 2.43. The van der Waals surface area contributed by atoms with Crippen molar-refractivity contribution < 1.29 is 14.3 Å². The zero-order valence-electron chi connectivity index (χ0n) is 15.3. The number of hydrogen-bond donors (Lipinski definition) is 1. The molecule has 1 aromatic heterocycles. The summed E-state index contributed by atoms with van der Waals surface area (Å²) in [4.78, 5) is 31.2. The molecule has 1 unspecified atom stereocenters. The zero-order chi connectivity index (χ0) is 18.8. The van der Waals surface area contributed by atoms with Gasteiger partial charge in [-0.15, -0.1) is 0 Å². The number of anilines is 1. The fraction of sp³-hybridized carbons (Fsp3) is 0.381. The first-order valence-electron chi connectivity index (χ1n) is 9.33. The monoisotopic (exact) mass is 365 g/mol. The van der Waals surface area contributed by atoms with Gasteiger partial charge in [-0.2, -0.15) is 0 Å². The number of nitrogens with zero attached hydrogens (tertiary/aromatic N) is 2. The number of aryl methyl sites for hydroxylation is 1. The fourth-order valence-corrected chi connectivity index (χ4v) is 3.93. The molecule has 6 nitrogen and oxygen atoms in total. The molecule has 3 heterocycles. The van der Waals surface area contributed by atoms with Gasteiger partial charge in [0.2, 0.25) is 0 Å². The average molecular weight is 365 g/mol. The first-order chi connectivity index (χ1) is 13.1. The number of nitrogens with one attached hydrogen (secondary N) is 1. The Morgan fingerprint density at radius 1 is 1.22 bits per heavy atom. The van der Waals surface area contributed by atoms with Crippen LogP contribution in [0.3, 0.4) is 0 Å². The molecule has 2 fully saturated rings. The van der Waals surface area contributed by atoms with Crippen molar-refractivity contribution in [3.05, 3.63) is 59.9 Å². The fourth-order valence-electron chi connectivity index (χ4n) is 3.93. The minimum atomic E-state index is -0.478. The van der Waals surface area contributed by atoms with Gasteiger partial charge in [0.05, 0.1) is 18.0 Å². The maximum atomic E-state index is 12.8. The topological polar surface area (TPSA) is 71.5 Å². The van der Waals surface area contributed by atoms with Gasteiger partial charge in [0.25, 0.3) is 11.8 Å². The van der Waals surface area contributed by atoms with E-state index >= 15 is 0 Å². The highest BCUT2D eigenvalue weighted by molar-refractivity contribution is 5.96. The van der Waals surface area contributed by atoms with E-state index in [4.69, 9.17) is 4.74 Å². The van der Waals surface area contributed by atoms with Crippen molar-refractivity contribution in [1.29, 1.82) is 0 Å². The predicted molar refractivity (Wildman–Crippen MR) is 101 cm³/mol. The van der Waals surface area contributed by atoms with Gasteiger partial charge in [0.15, 0.2) is 0 Å². The molecule has 1 N–H and O–H groups in total.